The summed E-state index contributed by atoms with van der Waals surface area (Å²) in [6.45, 7) is 11.3. The molecule has 0 bridgehead atoms. The number of primary amides is 1. The lowest BCUT2D eigenvalue weighted by Crippen LogP contribution is -2.29. The fourth-order valence-electron chi connectivity index (χ4n) is 6.43. The molecule has 4 N–H and O–H groups in total. The van der Waals surface area contributed by atoms with Crippen molar-refractivity contribution < 1.29 is 35.3 Å². The molecule has 0 radical (unpaired) electrons. The largest absolute Gasteiger partial charge is 0.370 e. The monoisotopic (exact) mass is 642 g/mol. The third kappa shape index (κ3) is 6.16. The van der Waals surface area contributed by atoms with E-state index < -0.39 is 37.0 Å². The highest BCUT2D eigenvalue weighted by Gasteiger charge is 2.45. The van der Waals surface area contributed by atoms with Gasteiger partial charge in [-0.05, 0) is 89.4 Å². The van der Waals surface area contributed by atoms with Gasteiger partial charge in [0.1, 0.15) is 6.54 Å². The second-order valence-corrected chi connectivity index (χ2v) is 14.6. The van der Waals surface area contributed by atoms with Crippen LogP contribution in [-0.4, -0.2) is 55.2 Å². The predicted molar refractivity (Wildman–Crippen MR) is 171 cm³/mol. The molecular formula is C32H40N3O7S2+. The Labute approximate surface area is 259 Å². The number of amides is 1. The van der Waals surface area contributed by atoms with E-state index in [1.165, 1.54) is 24.3 Å². The highest BCUT2D eigenvalue weighted by atomic mass is 32.2. The van der Waals surface area contributed by atoms with E-state index in [0.717, 1.165) is 33.9 Å². The zero-order chi connectivity index (χ0) is 32.7. The van der Waals surface area contributed by atoms with E-state index in [9.17, 15) is 30.7 Å². The Kier molecular flexibility index (Phi) is 9.14. The molecule has 44 heavy (non-hydrogen) atoms. The molecular weight excluding hydrogens is 603 g/mol. The van der Waals surface area contributed by atoms with Crippen molar-refractivity contribution in [1.82, 2.24) is 0 Å². The van der Waals surface area contributed by atoms with Crippen molar-refractivity contribution in [3.05, 3.63) is 83.6 Å². The molecule has 4 rings (SSSR count). The highest BCUT2D eigenvalue weighted by molar-refractivity contribution is 7.86. The molecule has 0 saturated carbocycles. The molecule has 0 spiro atoms. The molecule has 1 atom stereocenters. The zero-order valence-corrected chi connectivity index (χ0v) is 27.2. The number of carbonyl (C=O) groups excluding carboxylic acids is 1. The molecule has 0 saturated heterocycles. The number of nitrogens with zero attached hydrogens (tertiary/aromatic N) is 2. The van der Waals surface area contributed by atoms with Gasteiger partial charge in [-0.25, -0.2) is 0 Å². The van der Waals surface area contributed by atoms with Gasteiger partial charge in [-0.15, -0.1) is 0 Å². The Bertz CT molecular complexity index is 1840. The van der Waals surface area contributed by atoms with Crippen LogP contribution in [0.5, 0.6) is 0 Å². The molecule has 2 aliphatic rings. The number of nitrogens with two attached hydrogens (primary N) is 1. The molecule has 236 valence electrons. The van der Waals surface area contributed by atoms with Gasteiger partial charge in [-0.2, -0.15) is 21.4 Å². The van der Waals surface area contributed by atoms with Gasteiger partial charge in [-0.1, -0.05) is 18.2 Å². The maximum atomic E-state index is 12.0. The van der Waals surface area contributed by atoms with Gasteiger partial charge in [-0.3, -0.25) is 13.9 Å². The molecule has 1 unspecified atom stereocenters. The molecule has 10 nitrogen and oxygen atoms in total. The van der Waals surface area contributed by atoms with Crippen molar-refractivity contribution in [2.24, 2.45) is 5.73 Å². The number of allylic oxidation sites excluding steroid dienone is 6. The fourth-order valence-corrected chi connectivity index (χ4v) is 7.44. The predicted octanol–water partition coefficient (Wildman–Crippen LogP) is 5.03. The lowest BCUT2D eigenvalue weighted by Gasteiger charge is -2.30. The summed E-state index contributed by atoms with van der Waals surface area (Å²) in [7, 11) is -8.75. The molecule has 2 heterocycles. The van der Waals surface area contributed by atoms with Crippen molar-refractivity contribution in [1.29, 1.82) is 0 Å². The summed E-state index contributed by atoms with van der Waals surface area (Å²) >= 11 is 0. The van der Waals surface area contributed by atoms with Crippen LogP contribution in [-0.2, 0) is 35.9 Å². The van der Waals surface area contributed by atoms with E-state index in [4.69, 9.17) is 5.73 Å². The Balaban J connectivity index is 1.70. The van der Waals surface area contributed by atoms with Crippen LogP contribution in [0.2, 0.25) is 0 Å². The molecule has 1 amide bonds. The average Bonchev–Trinajstić information content (AvgIpc) is 3.30. The number of hydrogen-bond donors (Lipinski definition) is 3. The molecule has 2 aliphatic heterocycles. The van der Waals surface area contributed by atoms with Crippen molar-refractivity contribution in [3.63, 3.8) is 0 Å². The summed E-state index contributed by atoms with van der Waals surface area (Å²) in [5.74, 6) is -0.411. The maximum absolute atomic E-state index is 12.0. The van der Waals surface area contributed by atoms with Crippen LogP contribution >= 0.6 is 0 Å². The van der Waals surface area contributed by atoms with Gasteiger partial charge in [0.25, 0.3) is 20.2 Å². The van der Waals surface area contributed by atoms with E-state index in [2.05, 4.69) is 9.48 Å². The number of hydrogen-bond acceptors (Lipinski definition) is 6. The lowest BCUT2D eigenvalue weighted by atomic mass is 9.77. The number of fused-ring (bicyclic) bond motifs is 2. The first-order valence-corrected chi connectivity index (χ1v) is 17.3. The molecule has 2 aromatic rings. The smallest absolute Gasteiger partial charge is 0.294 e. The number of likely N-dealkylation sites (N-methyl/N-ethyl adjacent to an activating group) is 1. The SMILES string of the molecule is CCN1\C(=C/C=C/C=C/C2=[N+](CC)c3ccc(S(=O)(=O)O)cc3C2(C)C)C(C)(CCCC(N)=O)c2cc(S(=O)(=O)O)ccc21. The molecule has 12 heteroatoms. The van der Waals surface area contributed by atoms with Gasteiger partial charge in [0.05, 0.1) is 15.2 Å². The van der Waals surface area contributed by atoms with Crippen molar-refractivity contribution >= 4 is 43.2 Å². The molecule has 0 aromatic heterocycles. The Morgan fingerprint density at radius 2 is 1.55 bits per heavy atom. The van der Waals surface area contributed by atoms with Crippen LogP contribution in [0.3, 0.4) is 0 Å². The van der Waals surface area contributed by atoms with Crippen molar-refractivity contribution in [2.75, 3.05) is 18.0 Å². The van der Waals surface area contributed by atoms with Gasteiger partial charge in [0.2, 0.25) is 11.6 Å². The second kappa shape index (κ2) is 12.1. The molecule has 0 fully saturated rings. The average molecular weight is 643 g/mol. The second-order valence-electron chi connectivity index (χ2n) is 11.8. The van der Waals surface area contributed by atoms with Crippen molar-refractivity contribution in [3.8, 4) is 0 Å². The van der Waals surface area contributed by atoms with Crippen LogP contribution in [0.1, 0.15) is 65.0 Å². The Morgan fingerprint density at radius 1 is 0.932 bits per heavy atom. The number of carbonyl (C=O) groups is 1. The highest BCUT2D eigenvalue weighted by Crippen LogP contribution is 2.51. The van der Waals surface area contributed by atoms with Crippen LogP contribution in [0.25, 0.3) is 0 Å². The first-order valence-electron chi connectivity index (χ1n) is 14.5. The number of benzene rings is 2. The number of anilines is 1. The lowest BCUT2D eigenvalue weighted by molar-refractivity contribution is -0.433. The molecule has 2 aromatic carbocycles. The quantitative estimate of drug-likeness (QED) is 0.175. The Hall–Kier alpha value is -3.58. The normalized spacial score (nSPS) is 20.7. The summed E-state index contributed by atoms with van der Waals surface area (Å²) in [6.07, 6.45) is 10.9. The summed E-state index contributed by atoms with van der Waals surface area (Å²) in [6, 6.07) is 9.24. The standard InChI is InChI=1S/C32H39N3O7S2/c1-6-34-26-17-15-22(43(37,38)39)20-24(26)31(3,4)28(34)12-9-8-10-13-29-32(5,19-11-14-30(33)36)25-21-23(44(40,41)42)16-18-27(25)35(29)7-2/h8-10,12-13,15-18,20-21H,6-7,11,14,19H2,1-5H3,(H3-,33,36,37,38,39,40,41,42)/p+1. The zero-order valence-electron chi connectivity index (χ0n) is 25.6. The van der Waals surface area contributed by atoms with Gasteiger partial charge >= 0.3 is 0 Å². The minimum Gasteiger partial charge on any atom is -0.370 e. The minimum atomic E-state index is -4.41. The Morgan fingerprint density at radius 3 is 2.11 bits per heavy atom. The number of rotatable bonds is 11. The molecule has 0 aliphatic carbocycles. The van der Waals surface area contributed by atoms with E-state index in [-0.39, 0.29) is 16.2 Å². The van der Waals surface area contributed by atoms with E-state index >= 15 is 0 Å². The van der Waals surface area contributed by atoms with Gasteiger partial charge in [0, 0.05) is 47.5 Å². The maximum Gasteiger partial charge on any atom is 0.294 e. The van der Waals surface area contributed by atoms with Gasteiger partial charge < -0.3 is 10.6 Å². The summed E-state index contributed by atoms with van der Waals surface area (Å²) in [5.41, 5.74) is 9.39. The first kappa shape index (κ1) is 33.3. The van der Waals surface area contributed by atoms with Crippen LogP contribution in [0, 0.1) is 0 Å². The van der Waals surface area contributed by atoms with Crippen LogP contribution in [0.15, 0.2) is 82.3 Å². The van der Waals surface area contributed by atoms with Crippen LogP contribution < -0.4 is 10.6 Å². The summed E-state index contributed by atoms with van der Waals surface area (Å²) in [4.78, 5) is 13.3. The fraction of sp³-hybridized carbons (Fsp3) is 0.375. The van der Waals surface area contributed by atoms with E-state index in [0.29, 0.717) is 25.9 Å². The van der Waals surface area contributed by atoms with E-state index in [1.54, 1.807) is 12.1 Å². The van der Waals surface area contributed by atoms with Crippen LogP contribution in [0.4, 0.5) is 11.4 Å². The van der Waals surface area contributed by atoms with Gasteiger partial charge in [0.15, 0.2) is 5.71 Å². The van der Waals surface area contributed by atoms with Crippen molar-refractivity contribution in [2.45, 2.75) is 74.5 Å². The minimum absolute atomic E-state index is 0.141. The summed E-state index contributed by atoms with van der Waals surface area (Å²) < 4.78 is 68.9. The first-order chi connectivity index (χ1) is 20.5. The summed E-state index contributed by atoms with van der Waals surface area (Å²) in [5, 5.41) is 0. The topological polar surface area (TPSA) is 158 Å². The third-order valence-corrected chi connectivity index (χ3v) is 10.3. The van der Waals surface area contributed by atoms with E-state index in [1.807, 2.05) is 65.0 Å². The third-order valence-electron chi connectivity index (χ3n) is 8.63.